The first kappa shape index (κ1) is 27.6. The second kappa shape index (κ2) is 12.3. The van der Waals surface area contributed by atoms with Gasteiger partial charge in [0.25, 0.3) is 0 Å². The van der Waals surface area contributed by atoms with E-state index in [9.17, 15) is 18.0 Å². The third-order valence-electron chi connectivity index (χ3n) is 5.78. The average molecular weight is 538 g/mol. The van der Waals surface area contributed by atoms with Gasteiger partial charge in [-0.3, -0.25) is 13.9 Å². The standard InChI is InChI=1S/C25H32ClN3O6S/c1-4-27-25(31)18(2)28(17-19-8-5-6-9-21(19)26)24(30)10-7-13-29(36(3,32)33)20-11-12-22-23(16-20)35-15-14-34-22/h5-6,8-9,11-12,16,18H,4,7,10,13-15,17H2,1-3H3,(H,27,31). The number of ether oxygens (including phenoxy) is 2. The molecule has 0 saturated carbocycles. The number of nitrogens with zero attached hydrogens (tertiary/aromatic N) is 2. The molecule has 196 valence electrons. The third-order valence-corrected chi connectivity index (χ3v) is 7.35. The van der Waals surface area contributed by atoms with Crippen LogP contribution in [0.15, 0.2) is 42.5 Å². The Bertz CT molecular complexity index is 1190. The van der Waals surface area contributed by atoms with E-state index < -0.39 is 16.1 Å². The van der Waals surface area contributed by atoms with Crippen LogP contribution in [-0.2, 0) is 26.2 Å². The van der Waals surface area contributed by atoms with Crippen LogP contribution in [0.2, 0.25) is 5.02 Å². The number of carbonyl (C=O) groups is 2. The summed E-state index contributed by atoms with van der Waals surface area (Å²) in [5.41, 5.74) is 1.15. The van der Waals surface area contributed by atoms with Gasteiger partial charge in [-0.25, -0.2) is 8.42 Å². The summed E-state index contributed by atoms with van der Waals surface area (Å²) in [6, 6.07) is 11.4. The Kier molecular flexibility index (Phi) is 9.44. The molecule has 0 spiro atoms. The lowest BCUT2D eigenvalue weighted by atomic mass is 10.1. The Labute approximate surface area is 217 Å². The van der Waals surface area contributed by atoms with E-state index in [1.165, 1.54) is 9.21 Å². The van der Waals surface area contributed by atoms with Crippen LogP contribution in [0.1, 0.15) is 32.3 Å². The highest BCUT2D eigenvalue weighted by molar-refractivity contribution is 7.92. The normalized spacial score (nSPS) is 13.6. The molecule has 1 aliphatic heterocycles. The Morgan fingerprint density at radius 1 is 1.11 bits per heavy atom. The zero-order valence-electron chi connectivity index (χ0n) is 20.7. The number of amides is 2. The first-order chi connectivity index (χ1) is 17.1. The molecule has 1 heterocycles. The molecule has 1 atom stereocenters. The van der Waals surface area contributed by atoms with Crippen LogP contribution in [0.25, 0.3) is 0 Å². The molecule has 0 saturated heterocycles. The number of sulfonamides is 1. The first-order valence-electron chi connectivity index (χ1n) is 11.8. The summed E-state index contributed by atoms with van der Waals surface area (Å²) in [5, 5.41) is 3.25. The van der Waals surface area contributed by atoms with Gasteiger partial charge in [0.05, 0.1) is 11.9 Å². The predicted octanol–water partition coefficient (Wildman–Crippen LogP) is 3.21. The Balaban J connectivity index is 1.74. The van der Waals surface area contributed by atoms with Gasteiger partial charge >= 0.3 is 0 Å². The van der Waals surface area contributed by atoms with E-state index in [4.69, 9.17) is 21.1 Å². The maximum Gasteiger partial charge on any atom is 0.242 e. The topological polar surface area (TPSA) is 105 Å². The van der Waals surface area contributed by atoms with E-state index in [0.29, 0.717) is 42.0 Å². The van der Waals surface area contributed by atoms with Gasteiger partial charge in [-0.2, -0.15) is 0 Å². The fourth-order valence-corrected chi connectivity index (χ4v) is 5.06. The summed E-state index contributed by atoms with van der Waals surface area (Å²) in [7, 11) is -3.62. The van der Waals surface area contributed by atoms with E-state index in [1.54, 1.807) is 43.3 Å². The molecule has 1 N–H and O–H groups in total. The molecule has 3 rings (SSSR count). The molecule has 2 aromatic carbocycles. The van der Waals surface area contributed by atoms with Gasteiger partial charge in [-0.15, -0.1) is 0 Å². The van der Waals surface area contributed by atoms with Crippen molar-refractivity contribution in [3.05, 3.63) is 53.1 Å². The van der Waals surface area contributed by atoms with Crippen LogP contribution >= 0.6 is 11.6 Å². The number of anilines is 1. The van der Waals surface area contributed by atoms with Crippen molar-refractivity contribution in [2.45, 2.75) is 39.3 Å². The number of benzene rings is 2. The van der Waals surface area contributed by atoms with Crippen molar-refractivity contribution in [1.82, 2.24) is 10.2 Å². The lowest BCUT2D eigenvalue weighted by molar-refractivity contribution is -0.140. The maximum absolute atomic E-state index is 13.3. The van der Waals surface area contributed by atoms with Gasteiger partial charge in [0.1, 0.15) is 19.3 Å². The lowest BCUT2D eigenvalue weighted by Gasteiger charge is -2.29. The van der Waals surface area contributed by atoms with Crippen molar-refractivity contribution in [2.24, 2.45) is 0 Å². The van der Waals surface area contributed by atoms with Crippen molar-refractivity contribution in [1.29, 1.82) is 0 Å². The first-order valence-corrected chi connectivity index (χ1v) is 14.0. The number of hydrogen-bond acceptors (Lipinski definition) is 6. The predicted molar refractivity (Wildman–Crippen MR) is 139 cm³/mol. The van der Waals surface area contributed by atoms with Crippen molar-refractivity contribution in [3.63, 3.8) is 0 Å². The van der Waals surface area contributed by atoms with Crippen LogP contribution in [0.5, 0.6) is 11.5 Å². The molecule has 1 aliphatic rings. The number of rotatable bonds is 11. The number of carbonyl (C=O) groups excluding carboxylic acids is 2. The molecule has 0 fully saturated rings. The van der Waals surface area contributed by atoms with Crippen LogP contribution in [-0.4, -0.2) is 63.7 Å². The van der Waals surface area contributed by atoms with Gasteiger partial charge in [-0.05, 0) is 44.0 Å². The van der Waals surface area contributed by atoms with Crippen molar-refractivity contribution in [2.75, 3.05) is 36.9 Å². The molecule has 0 aliphatic carbocycles. The Morgan fingerprint density at radius 2 is 1.81 bits per heavy atom. The summed E-state index contributed by atoms with van der Waals surface area (Å²) in [5.74, 6) is 0.490. The molecule has 0 radical (unpaired) electrons. The van der Waals surface area contributed by atoms with E-state index in [-0.39, 0.29) is 37.7 Å². The molecule has 36 heavy (non-hydrogen) atoms. The molecule has 2 amide bonds. The lowest BCUT2D eigenvalue weighted by Crippen LogP contribution is -2.47. The Hall–Kier alpha value is -2.98. The zero-order valence-corrected chi connectivity index (χ0v) is 22.3. The molecule has 0 aromatic heterocycles. The monoisotopic (exact) mass is 537 g/mol. The maximum atomic E-state index is 13.3. The highest BCUT2D eigenvalue weighted by Gasteiger charge is 2.27. The summed E-state index contributed by atoms with van der Waals surface area (Å²) in [4.78, 5) is 27.3. The average Bonchev–Trinajstić information content (AvgIpc) is 2.84. The molecular weight excluding hydrogens is 506 g/mol. The van der Waals surface area contributed by atoms with Crippen LogP contribution in [0, 0.1) is 0 Å². The molecule has 1 unspecified atom stereocenters. The number of nitrogens with one attached hydrogen (secondary N) is 1. The number of likely N-dealkylation sites (N-methyl/N-ethyl adjacent to an activating group) is 1. The van der Waals surface area contributed by atoms with Crippen molar-refractivity contribution < 1.29 is 27.5 Å². The minimum Gasteiger partial charge on any atom is -0.486 e. The van der Waals surface area contributed by atoms with Gasteiger partial charge in [0, 0.05) is 37.1 Å². The fourth-order valence-electron chi connectivity index (χ4n) is 3.91. The van der Waals surface area contributed by atoms with Crippen LogP contribution < -0.4 is 19.1 Å². The van der Waals surface area contributed by atoms with E-state index >= 15 is 0 Å². The van der Waals surface area contributed by atoms with Gasteiger partial charge in [-0.1, -0.05) is 29.8 Å². The van der Waals surface area contributed by atoms with Gasteiger partial charge in [0.15, 0.2) is 11.5 Å². The van der Waals surface area contributed by atoms with E-state index in [0.717, 1.165) is 11.8 Å². The van der Waals surface area contributed by atoms with Gasteiger partial charge < -0.3 is 19.7 Å². The largest absolute Gasteiger partial charge is 0.486 e. The molecule has 0 bridgehead atoms. The second-order valence-corrected chi connectivity index (χ2v) is 10.8. The van der Waals surface area contributed by atoms with Crippen molar-refractivity contribution in [3.8, 4) is 11.5 Å². The quantitative estimate of drug-likeness (QED) is 0.472. The van der Waals surface area contributed by atoms with E-state index in [1.807, 2.05) is 13.0 Å². The van der Waals surface area contributed by atoms with Crippen LogP contribution in [0.3, 0.4) is 0 Å². The smallest absolute Gasteiger partial charge is 0.242 e. The van der Waals surface area contributed by atoms with Gasteiger partial charge in [0.2, 0.25) is 21.8 Å². The van der Waals surface area contributed by atoms with E-state index in [2.05, 4.69) is 5.32 Å². The summed E-state index contributed by atoms with van der Waals surface area (Å²) >= 11 is 6.30. The summed E-state index contributed by atoms with van der Waals surface area (Å²) in [6.45, 7) is 4.98. The Morgan fingerprint density at radius 3 is 2.47 bits per heavy atom. The minimum absolute atomic E-state index is 0.0464. The SMILES string of the molecule is CCNC(=O)C(C)N(Cc1ccccc1Cl)C(=O)CCCN(c1ccc2c(c1)OCCO2)S(C)(=O)=O. The van der Waals surface area contributed by atoms with Crippen molar-refractivity contribution >= 4 is 39.1 Å². The zero-order chi connectivity index (χ0) is 26.3. The molecular formula is C25H32ClN3O6S. The van der Waals surface area contributed by atoms with Crippen LogP contribution in [0.4, 0.5) is 5.69 Å². The molecule has 9 nitrogen and oxygen atoms in total. The minimum atomic E-state index is -3.62. The summed E-state index contributed by atoms with van der Waals surface area (Å²) < 4.78 is 37.4. The fraction of sp³-hybridized carbons (Fsp3) is 0.440. The third kappa shape index (κ3) is 7.04. The number of fused-ring (bicyclic) bond motifs is 1. The molecule has 2 aromatic rings. The highest BCUT2D eigenvalue weighted by Crippen LogP contribution is 2.34. The second-order valence-electron chi connectivity index (χ2n) is 8.45. The molecule has 11 heteroatoms. The highest BCUT2D eigenvalue weighted by atomic mass is 35.5. The summed E-state index contributed by atoms with van der Waals surface area (Å²) in [6.07, 6.45) is 1.42. The number of hydrogen-bond donors (Lipinski definition) is 1. The number of halogens is 1.